The zero-order valence-electron chi connectivity index (χ0n) is 11.2. The molecule has 104 valence electrons. The monoisotopic (exact) mass is 278 g/mol. The number of hydrogen-bond acceptors (Lipinski definition) is 3. The van der Waals surface area contributed by atoms with Gasteiger partial charge in [0.05, 0.1) is 5.69 Å². The second-order valence-corrected chi connectivity index (χ2v) is 4.54. The maximum Gasteiger partial charge on any atom is 0.276 e. The molecular weight excluding hydrogens is 264 g/mol. The normalized spacial score (nSPS) is 10.3. The van der Waals surface area contributed by atoms with Crippen LogP contribution in [0.4, 0.5) is 11.4 Å². The van der Waals surface area contributed by atoms with Crippen molar-refractivity contribution in [3.05, 3.63) is 72.8 Å². The van der Waals surface area contributed by atoms with Crippen LogP contribution in [0, 0.1) is 0 Å². The highest BCUT2D eigenvalue weighted by atomic mass is 16.1. The molecule has 1 amide bonds. The molecule has 2 heterocycles. The largest absolute Gasteiger partial charge is 0.397 e. The third-order valence-corrected chi connectivity index (χ3v) is 3.06. The van der Waals surface area contributed by atoms with Crippen molar-refractivity contribution in [2.24, 2.45) is 0 Å². The lowest BCUT2D eigenvalue weighted by Gasteiger charge is -2.09. The summed E-state index contributed by atoms with van der Waals surface area (Å²) >= 11 is 0. The van der Waals surface area contributed by atoms with Crippen molar-refractivity contribution in [3.63, 3.8) is 0 Å². The minimum absolute atomic E-state index is 0.226. The Morgan fingerprint density at radius 1 is 1.10 bits per heavy atom. The van der Waals surface area contributed by atoms with Crippen LogP contribution in [0.3, 0.4) is 0 Å². The average Bonchev–Trinajstić information content (AvgIpc) is 3.02. The highest BCUT2D eigenvalue weighted by Crippen LogP contribution is 2.16. The summed E-state index contributed by atoms with van der Waals surface area (Å²) in [6, 6.07) is 14.8. The Labute approximate surface area is 122 Å². The first-order valence-electron chi connectivity index (χ1n) is 6.49. The topological polar surface area (TPSA) is 72.9 Å². The molecule has 2 aromatic heterocycles. The van der Waals surface area contributed by atoms with E-state index in [0.29, 0.717) is 11.4 Å². The first kappa shape index (κ1) is 12.9. The first-order chi connectivity index (χ1) is 10.2. The second kappa shape index (κ2) is 5.50. The molecule has 3 N–H and O–H groups in total. The van der Waals surface area contributed by atoms with Crippen molar-refractivity contribution in [1.82, 2.24) is 9.55 Å². The number of nitrogens with one attached hydrogen (secondary N) is 1. The molecule has 5 nitrogen and oxygen atoms in total. The molecule has 0 aliphatic heterocycles. The van der Waals surface area contributed by atoms with Crippen LogP contribution in [0.1, 0.15) is 10.5 Å². The van der Waals surface area contributed by atoms with Gasteiger partial charge in [0.25, 0.3) is 5.91 Å². The predicted molar refractivity (Wildman–Crippen MR) is 82.4 cm³/mol. The quantitative estimate of drug-likeness (QED) is 0.773. The number of pyridine rings is 1. The van der Waals surface area contributed by atoms with Gasteiger partial charge in [0.2, 0.25) is 0 Å². The van der Waals surface area contributed by atoms with E-state index < -0.39 is 0 Å². The smallest absolute Gasteiger partial charge is 0.276 e. The SMILES string of the molecule is Nc1cccnc1C(=O)Nc1cccc(-n2cccc2)c1. The summed E-state index contributed by atoms with van der Waals surface area (Å²) in [6.45, 7) is 0. The van der Waals surface area contributed by atoms with Gasteiger partial charge in [0.15, 0.2) is 5.69 Å². The molecule has 5 heteroatoms. The number of nitrogens with two attached hydrogens (primary N) is 1. The average molecular weight is 278 g/mol. The van der Waals surface area contributed by atoms with E-state index in [1.165, 1.54) is 0 Å². The van der Waals surface area contributed by atoms with Gasteiger partial charge in [-0.15, -0.1) is 0 Å². The number of aromatic nitrogens is 2. The molecule has 0 aliphatic carbocycles. The van der Waals surface area contributed by atoms with Gasteiger partial charge in [-0.05, 0) is 42.5 Å². The molecule has 3 aromatic rings. The number of nitrogen functional groups attached to an aromatic ring is 1. The van der Waals surface area contributed by atoms with E-state index in [1.54, 1.807) is 18.3 Å². The van der Waals surface area contributed by atoms with Crippen LogP contribution in [0.2, 0.25) is 0 Å². The van der Waals surface area contributed by atoms with Crippen molar-refractivity contribution in [3.8, 4) is 5.69 Å². The Kier molecular flexibility index (Phi) is 3.39. The molecule has 0 aliphatic rings. The van der Waals surface area contributed by atoms with Gasteiger partial charge in [-0.25, -0.2) is 4.98 Å². The first-order valence-corrected chi connectivity index (χ1v) is 6.49. The number of rotatable bonds is 3. The summed E-state index contributed by atoms with van der Waals surface area (Å²) in [7, 11) is 0. The standard InChI is InChI=1S/C16H14N4O/c17-14-7-4-8-18-15(14)16(21)19-12-5-3-6-13(11-12)20-9-1-2-10-20/h1-11H,17H2,(H,19,21). The summed E-state index contributed by atoms with van der Waals surface area (Å²) in [5, 5.41) is 2.81. The number of benzene rings is 1. The molecule has 0 atom stereocenters. The molecule has 0 saturated heterocycles. The van der Waals surface area contributed by atoms with Crippen molar-refractivity contribution in [2.75, 3.05) is 11.1 Å². The van der Waals surface area contributed by atoms with Crippen LogP contribution in [-0.4, -0.2) is 15.5 Å². The maximum atomic E-state index is 12.2. The molecule has 1 aromatic carbocycles. The molecular formula is C16H14N4O. The zero-order chi connectivity index (χ0) is 14.7. The van der Waals surface area contributed by atoms with Gasteiger partial charge in [-0.1, -0.05) is 6.07 Å². The summed E-state index contributed by atoms with van der Waals surface area (Å²) in [6.07, 6.45) is 5.43. The van der Waals surface area contributed by atoms with Crippen molar-refractivity contribution in [1.29, 1.82) is 0 Å². The molecule has 0 saturated carbocycles. The Hall–Kier alpha value is -3.08. The van der Waals surface area contributed by atoms with Crippen molar-refractivity contribution >= 4 is 17.3 Å². The maximum absolute atomic E-state index is 12.2. The number of hydrogen-bond donors (Lipinski definition) is 2. The van der Waals surface area contributed by atoms with Crippen LogP contribution >= 0.6 is 0 Å². The fraction of sp³-hybridized carbons (Fsp3) is 0. The third-order valence-electron chi connectivity index (χ3n) is 3.06. The van der Waals surface area contributed by atoms with Gasteiger partial charge in [-0.3, -0.25) is 4.79 Å². The number of amides is 1. The summed E-state index contributed by atoms with van der Waals surface area (Å²) in [5.74, 6) is -0.322. The lowest BCUT2D eigenvalue weighted by molar-refractivity contribution is 0.102. The van der Waals surface area contributed by atoms with Gasteiger partial charge < -0.3 is 15.6 Å². The highest BCUT2D eigenvalue weighted by molar-refractivity contribution is 6.06. The van der Waals surface area contributed by atoms with Crippen LogP contribution in [0.25, 0.3) is 5.69 Å². The molecule has 0 bridgehead atoms. The Morgan fingerprint density at radius 3 is 2.67 bits per heavy atom. The highest BCUT2D eigenvalue weighted by Gasteiger charge is 2.11. The van der Waals surface area contributed by atoms with Crippen molar-refractivity contribution < 1.29 is 4.79 Å². The number of carbonyl (C=O) groups excluding carboxylic acids is 1. The van der Waals surface area contributed by atoms with Gasteiger partial charge in [0, 0.05) is 30.0 Å². The Bertz CT molecular complexity index is 765. The van der Waals surface area contributed by atoms with Gasteiger partial charge in [-0.2, -0.15) is 0 Å². The van der Waals surface area contributed by atoms with Crippen molar-refractivity contribution in [2.45, 2.75) is 0 Å². The fourth-order valence-electron chi connectivity index (χ4n) is 2.05. The van der Waals surface area contributed by atoms with Crippen LogP contribution in [0.15, 0.2) is 67.1 Å². The molecule has 0 spiro atoms. The summed E-state index contributed by atoms with van der Waals surface area (Å²) in [5.41, 5.74) is 7.99. The molecule has 0 radical (unpaired) electrons. The number of nitrogens with zero attached hydrogens (tertiary/aromatic N) is 2. The number of anilines is 2. The lowest BCUT2D eigenvalue weighted by atomic mass is 10.2. The van der Waals surface area contributed by atoms with E-state index in [1.807, 2.05) is 53.4 Å². The minimum atomic E-state index is -0.322. The Morgan fingerprint density at radius 2 is 1.90 bits per heavy atom. The summed E-state index contributed by atoms with van der Waals surface area (Å²) < 4.78 is 1.96. The molecule has 3 rings (SSSR count). The van der Waals surface area contributed by atoms with Crippen LogP contribution in [0.5, 0.6) is 0 Å². The summed E-state index contributed by atoms with van der Waals surface area (Å²) in [4.78, 5) is 16.2. The lowest BCUT2D eigenvalue weighted by Crippen LogP contribution is -2.15. The van der Waals surface area contributed by atoms with Crippen LogP contribution < -0.4 is 11.1 Å². The van der Waals surface area contributed by atoms with E-state index in [2.05, 4.69) is 10.3 Å². The number of carbonyl (C=O) groups is 1. The fourth-order valence-corrected chi connectivity index (χ4v) is 2.05. The van der Waals surface area contributed by atoms with E-state index in [0.717, 1.165) is 5.69 Å². The van der Waals surface area contributed by atoms with Gasteiger partial charge >= 0.3 is 0 Å². The predicted octanol–water partition coefficient (Wildman–Crippen LogP) is 2.71. The third kappa shape index (κ3) is 2.76. The molecule has 0 fully saturated rings. The van der Waals surface area contributed by atoms with Crippen LogP contribution in [-0.2, 0) is 0 Å². The van der Waals surface area contributed by atoms with E-state index in [4.69, 9.17) is 5.73 Å². The van der Waals surface area contributed by atoms with Gasteiger partial charge in [0.1, 0.15) is 0 Å². The second-order valence-electron chi connectivity index (χ2n) is 4.54. The van der Waals surface area contributed by atoms with E-state index in [9.17, 15) is 4.79 Å². The molecule has 21 heavy (non-hydrogen) atoms. The van der Waals surface area contributed by atoms with E-state index in [-0.39, 0.29) is 11.6 Å². The molecule has 0 unspecified atom stereocenters. The zero-order valence-corrected chi connectivity index (χ0v) is 11.2. The van der Waals surface area contributed by atoms with E-state index >= 15 is 0 Å². The Balaban J connectivity index is 1.84. The minimum Gasteiger partial charge on any atom is -0.397 e.